The van der Waals surface area contributed by atoms with Crippen LogP contribution in [0.15, 0.2) is 31.4 Å². The van der Waals surface area contributed by atoms with E-state index in [-0.39, 0.29) is 5.97 Å². The molecule has 0 N–H and O–H groups in total. The molecule has 25 heavy (non-hydrogen) atoms. The summed E-state index contributed by atoms with van der Waals surface area (Å²) in [5.41, 5.74) is 0. The maximum absolute atomic E-state index is 11.7. The van der Waals surface area contributed by atoms with Crippen LogP contribution in [0.25, 0.3) is 0 Å². The second-order valence-electron chi connectivity index (χ2n) is 4.65. The van der Waals surface area contributed by atoms with Crippen LogP contribution in [0.5, 0.6) is 0 Å². The fraction of sp³-hybridized carbons (Fsp3) is 0.357. The summed E-state index contributed by atoms with van der Waals surface area (Å²) in [7, 11) is 0. The van der Waals surface area contributed by atoms with Crippen LogP contribution in [0.3, 0.4) is 0 Å². The quantitative estimate of drug-likeness (QED) is 0.343. The van der Waals surface area contributed by atoms with Gasteiger partial charge in [0.2, 0.25) is 6.33 Å². The van der Waals surface area contributed by atoms with Crippen LogP contribution in [0.4, 0.5) is 13.2 Å². The Kier molecular flexibility index (Phi) is 8.51. The predicted octanol–water partition coefficient (Wildman–Crippen LogP) is 1.25. The molecule has 0 spiro atoms. The van der Waals surface area contributed by atoms with Gasteiger partial charge in [-0.15, -0.1) is 17.9 Å². The summed E-state index contributed by atoms with van der Waals surface area (Å²) >= 11 is 0. The zero-order valence-corrected chi connectivity index (χ0v) is 13.4. The highest BCUT2D eigenvalue weighted by atomic mass is 19.4. The lowest BCUT2D eigenvalue weighted by atomic mass is 9.28. The number of esters is 1. The van der Waals surface area contributed by atoms with Crippen LogP contribution in [0.1, 0.15) is 6.92 Å². The molecule has 0 atom stereocenters. The number of hydrogen-bond acceptors (Lipinski definition) is 5. The monoisotopic (exact) mass is 353 g/mol. The summed E-state index contributed by atoms with van der Waals surface area (Å²) in [4.78, 5) is 10.7. The number of aromatic nitrogens is 2. The van der Waals surface area contributed by atoms with Gasteiger partial charge < -0.3 is 4.74 Å². The van der Waals surface area contributed by atoms with E-state index >= 15 is 0 Å². The largest absolute Gasteiger partial charge is 0.458 e. The Morgan fingerprint density at radius 1 is 1.36 bits per heavy atom. The normalized spacial score (nSPS) is 10.3. The maximum atomic E-state index is 11.7. The van der Waals surface area contributed by atoms with Crippen molar-refractivity contribution in [1.82, 2.24) is 4.57 Å². The van der Waals surface area contributed by atoms with Gasteiger partial charge in [-0.1, -0.05) is 6.58 Å². The molecule has 0 saturated carbocycles. The van der Waals surface area contributed by atoms with Crippen LogP contribution < -0.4 is 4.57 Å². The molecule has 1 rings (SSSR count). The van der Waals surface area contributed by atoms with Crippen LogP contribution in [0.2, 0.25) is 0 Å². The van der Waals surface area contributed by atoms with Crippen molar-refractivity contribution < 1.29 is 27.3 Å². The van der Waals surface area contributed by atoms with Gasteiger partial charge in [0.05, 0.1) is 6.54 Å². The lowest BCUT2D eigenvalue weighted by molar-refractivity contribution is -0.697. The van der Waals surface area contributed by atoms with Crippen molar-refractivity contribution in [2.24, 2.45) is 0 Å². The molecule has 0 fully saturated rings. The highest BCUT2D eigenvalue weighted by Crippen LogP contribution is 2.26. The summed E-state index contributed by atoms with van der Waals surface area (Å²) in [6.45, 7) is 7.38. The van der Waals surface area contributed by atoms with E-state index in [1.165, 1.54) is 6.08 Å². The van der Waals surface area contributed by atoms with Crippen molar-refractivity contribution in [3.05, 3.63) is 31.4 Å². The minimum absolute atomic E-state index is 0.375. The van der Waals surface area contributed by atoms with Crippen LogP contribution >= 0.6 is 0 Å². The van der Waals surface area contributed by atoms with E-state index in [2.05, 4.69) is 18.1 Å². The topological polar surface area (TPSA) is 106 Å². The molecule has 1 aromatic heterocycles. The SMILES string of the molecule is C=CC(=O)OCC[n+]1ccn(CC)c1.N#C[B-](C#N)(C#N)C(F)(F)F. The van der Waals surface area contributed by atoms with E-state index in [1.807, 2.05) is 23.3 Å². The van der Waals surface area contributed by atoms with Gasteiger partial charge in [0.1, 0.15) is 25.5 Å². The smallest absolute Gasteiger partial charge is 0.401 e. The zero-order chi connectivity index (χ0) is 19.5. The molecule has 0 aromatic carbocycles. The van der Waals surface area contributed by atoms with E-state index in [0.717, 1.165) is 6.54 Å². The lowest BCUT2D eigenvalue weighted by Gasteiger charge is -2.19. The zero-order valence-electron chi connectivity index (χ0n) is 13.4. The van der Waals surface area contributed by atoms with E-state index in [9.17, 15) is 18.0 Å². The molecular weight excluding hydrogens is 338 g/mol. The standard InChI is InChI=1S/C10H15N2O2.C4BF3N3/c1-3-10(13)14-8-7-12-6-5-11(4-2)9-12;6-4(7,8)5(1-9,2-10)3-11/h3,5-6,9H,1,4,7-8H2,2H3;/q+1;-1. The van der Waals surface area contributed by atoms with E-state index in [1.54, 1.807) is 0 Å². The predicted molar refractivity (Wildman–Crippen MR) is 80.1 cm³/mol. The van der Waals surface area contributed by atoms with Gasteiger partial charge in [0.15, 0.2) is 0 Å². The molecule has 0 bridgehead atoms. The molecule has 0 aliphatic carbocycles. The average Bonchev–Trinajstić information content (AvgIpc) is 3.04. The third-order valence-corrected chi connectivity index (χ3v) is 2.94. The van der Waals surface area contributed by atoms with Gasteiger partial charge in [0.25, 0.3) is 6.08 Å². The summed E-state index contributed by atoms with van der Waals surface area (Å²) in [5, 5.41) is 23.8. The highest BCUT2D eigenvalue weighted by Gasteiger charge is 2.51. The maximum Gasteiger partial charge on any atom is 0.401 e. The van der Waals surface area contributed by atoms with Crippen molar-refractivity contribution in [2.45, 2.75) is 26.1 Å². The molecule has 11 heteroatoms. The molecule has 0 radical (unpaired) electrons. The number of imidazole rings is 1. The van der Waals surface area contributed by atoms with Crippen molar-refractivity contribution in [2.75, 3.05) is 6.61 Å². The molecule has 1 heterocycles. The Bertz CT molecular complexity index is 689. The Hall–Kier alpha value is -3.26. The van der Waals surface area contributed by atoms with E-state index in [4.69, 9.17) is 20.5 Å². The van der Waals surface area contributed by atoms with Crippen LogP contribution in [-0.2, 0) is 22.6 Å². The van der Waals surface area contributed by atoms with Crippen LogP contribution in [0, 0.1) is 33.7 Å². The molecule has 0 saturated heterocycles. The van der Waals surface area contributed by atoms with Crippen molar-refractivity contribution in [1.29, 1.82) is 15.8 Å². The van der Waals surface area contributed by atoms with Gasteiger partial charge >= 0.3 is 12.1 Å². The summed E-state index contributed by atoms with van der Waals surface area (Å²) < 4.78 is 44.1. The summed E-state index contributed by atoms with van der Waals surface area (Å²) in [6.07, 6.45) is -2.17. The number of nitriles is 3. The number of rotatable bonds is 5. The molecular formula is C14H15BF3N5O2. The number of carbonyl (C=O) groups is 1. The molecule has 0 aliphatic rings. The number of hydrogen-bond donors (Lipinski definition) is 0. The first-order valence-corrected chi connectivity index (χ1v) is 6.99. The fourth-order valence-corrected chi connectivity index (χ4v) is 1.37. The first kappa shape index (κ1) is 21.7. The second kappa shape index (κ2) is 9.79. The Morgan fingerprint density at radius 3 is 2.24 bits per heavy atom. The third kappa shape index (κ3) is 6.40. The molecule has 0 unspecified atom stereocenters. The number of nitrogens with zero attached hydrogens (tertiary/aromatic N) is 5. The number of aryl methyl sites for hydroxylation is 1. The minimum Gasteiger partial charge on any atom is -0.458 e. The number of halogens is 3. The molecule has 1 aromatic rings. The molecule has 0 aliphatic heterocycles. The first-order valence-electron chi connectivity index (χ1n) is 6.99. The van der Waals surface area contributed by atoms with Gasteiger partial charge in [0, 0.05) is 6.08 Å². The number of carbonyl (C=O) groups excluding carboxylic acids is 1. The van der Waals surface area contributed by atoms with Gasteiger partial charge in [-0.25, -0.2) is 42.9 Å². The van der Waals surface area contributed by atoms with Crippen molar-refractivity contribution >= 4 is 12.1 Å². The van der Waals surface area contributed by atoms with Crippen molar-refractivity contribution in [3.63, 3.8) is 0 Å². The third-order valence-electron chi connectivity index (χ3n) is 2.94. The first-order chi connectivity index (χ1) is 11.7. The second-order valence-corrected chi connectivity index (χ2v) is 4.65. The minimum atomic E-state index is -5.06. The Labute approximate surface area is 142 Å². The van der Waals surface area contributed by atoms with Crippen molar-refractivity contribution in [3.8, 4) is 17.9 Å². The Morgan fingerprint density at radius 2 is 1.92 bits per heavy atom. The fourth-order valence-electron chi connectivity index (χ4n) is 1.37. The number of ether oxygens (including phenoxy) is 1. The average molecular weight is 353 g/mol. The Balaban J connectivity index is 0.000000477. The highest BCUT2D eigenvalue weighted by molar-refractivity contribution is 7.00. The van der Waals surface area contributed by atoms with Crippen LogP contribution in [-0.4, -0.2) is 29.4 Å². The van der Waals surface area contributed by atoms with Gasteiger partial charge in [-0.05, 0) is 6.92 Å². The summed E-state index contributed by atoms with van der Waals surface area (Å²) in [5.74, 6) is 1.64. The van der Waals surface area contributed by atoms with E-state index in [0.29, 0.717) is 31.1 Å². The molecule has 0 amide bonds. The summed E-state index contributed by atoms with van der Waals surface area (Å²) in [6, 6.07) is 0. The van der Waals surface area contributed by atoms with E-state index < -0.39 is 12.2 Å². The molecule has 7 nitrogen and oxygen atoms in total. The number of alkyl halides is 3. The van der Waals surface area contributed by atoms with Gasteiger partial charge in [-0.2, -0.15) is 0 Å². The molecule has 132 valence electrons. The van der Waals surface area contributed by atoms with Gasteiger partial charge in [-0.3, -0.25) is 0 Å². The lowest BCUT2D eigenvalue weighted by Crippen LogP contribution is -2.47.